The summed E-state index contributed by atoms with van der Waals surface area (Å²) in [5.41, 5.74) is 4.08. The molecule has 1 saturated heterocycles. The number of nitrogens with one attached hydrogen (secondary N) is 1. The topological polar surface area (TPSA) is 68.8 Å². The van der Waals surface area contributed by atoms with E-state index in [4.69, 9.17) is 0 Å². The first-order valence-corrected chi connectivity index (χ1v) is 8.99. The van der Waals surface area contributed by atoms with Crippen molar-refractivity contribution >= 4 is 28.9 Å². The fourth-order valence-corrected chi connectivity index (χ4v) is 3.93. The van der Waals surface area contributed by atoms with E-state index in [1.165, 1.54) is 5.01 Å². The third-order valence-electron chi connectivity index (χ3n) is 5.29. The maximum absolute atomic E-state index is 13.0. The van der Waals surface area contributed by atoms with Gasteiger partial charge in [-0.2, -0.15) is 5.10 Å². The standard InChI is InChI=1S/C21H18N4O2/c26-20-13-25(22-11-14-6-2-1-3-7-14)21(27)19-10-16-15-8-4-5-9-17(15)23-18(16)12-24(19)20/h1-9,11,19,23H,10,12-13H2. The van der Waals surface area contributed by atoms with Gasteiger partial charge >= 0.3 is 0 Å². The highest BCUT2D eigenvalue weighted by Gasteiger charge is 2.43. The number of hydrogen-bond acceptors (Lipinski definition) is 3. The molecule has 1 N–H and O–H groups in total. The van der Waals surface area contributed by atoms with Crippen molar-refractivity contribution in [2.75, 3.05) is 6.54 Å². The van der Waals surface area contributed by atoms with Crippen LogP contribution in [0.25, 0.3) is 10.9 Å². The van der Waals surface area contributed by atoms with Crippen LogP contribution in [0.15, 0.2) is 59.7 Å². The number of hydrogen-bond donors (Lipinski definition) is 1. The first-order valence-electron chi connectivity index (χ1n) is 8.99. The largest absolute Gasteiger partial charge is 0.357 e. The van der Waals surface area contributed by atoms with Gasteiger partial charge < -0.3 is 9.88 Å². The molecule has 1 unspecified atom stereocenters. The lowest BCUT2D eigenvalue weighted by molar-refractivity contribution is -0.157. The third kappa shape index (κ3) is 2.61. The fraction of sp³-hybridized carbons (Fsp3) is 0.190. The molecule has 6 heteroatoms. The lowest BCUT2D eigenvalue weighted by atomic mass is 9.94. The Hall–Kier alpha value is -3.41. The Labute approximate surface area is 156 Å². The summed E-state index contributed by atoms with van der Waals surface area (Å²) < 4.78 is 0. The normalized spacial score (nSPS) is 19.6. The molecule has 27 heavy (non-hydrogen) atoms. The molecular weight excluding hydrogens is 340 g/mol. The minimum Gasteiger partial charge on any atom is -0.357 e. The van der Waals surface area contributed by atoms with Gasteiger partial charge in [0.1, 0.15) is 12.6 Å². The molecule has 3 aromatic rings. The van der Waals surface area contributed by atoms with E-state index < -0.39 is 6.04 Å². The van der Waals surface area contributed by atoms with E-state index in [0.29, 0.717) is 13.0 Å². The van der Waals surface area contributed by atoms with Crippen molar-refractivity contribution in [3.05, 3.63) is 71.4 Å². The number of hydrazone groups is 1. The molecule has 1 atom stereocenters. The summed E-state index contributed by atoms with van der Waals surface area (Å²) in [5, 5.41) is 6.71. The van der Waals surface area contributed by atoms with Crippen LogP contribution in [0.2, 0.25) is 0 Å². The van der Waals surface area contributed by atoms with Crippen molar-refractivity contribution in [1.29, 1.82) is 0 Å². The van der Waals surface area contributed by atoms with Crippen molar-refractivity contribution in [2.45, 2.75) is 19.0 Å². The summed E-state index contributed by atoms with van der Waals surface area (Å²) in [6, 6.07) is 17.1. The number of aromatic nitrogens is 1. The van der Waals surface area contributed by atoms with Gasteiger partial charge in [0.05, 0.1) is 12.8 Å². The Kier molecular flexibility index (Phi) is 3.57. The summed E-state index contributed by atoms with van der Waals surface area (Å²) >= 11 is 0. The molecule has 2 amide bonds. The lowest BCUT2D eigenvalue weighted by Gasteiger charge is -2.40. The van der Waals surface area contributed by atoms with E-state index in [1.807, 2.05) is 48.5 Å². The zero-order valence-corrected chi connectivity index (χ0v) is 14.6. The average Bonchev–Trinajstić information content (AvgIpc) is 3.07. The Bertz CT molecular complexity index is 1070. The van der Waals surface area contributed by atoms with Crippen molar-refractivity contribution in [3.63, 3.8) is 0 Å². The first kappa shape index (κ1) is 15.8. The number of para-hydroxylation sites is 1. The SMILES string of the molecule is O=C1C2Cc3c([nH]c4ccccc34)CN2C(=O)CN1N=Cc1ccccc1. The van der Waals surface area contributed by atoms with Gasteiger partial charge in [-0.1, -0.05) is 48.5 Å². The van der Waals surface area contributed by atoms with Gasteiger partial charge in [-0.3, -0.25) is 9.59 Å². The quantitative estimate of drug-likeness (QED) is 0.714. The highest BCUT2D eigenvalue weighted by atomic mass is 16.2. The zero-order chi connectivity index (χ0) is 18.4. The highest BCUT2D eigenvalue weighted by molar-refractivity contribution is 5.97. The van der Waals surface area contributed by atoms with E-state index in [0.717, 1.165) is 27.7 Å². The molecule has 3 heterocycles. The van der Waals surface area contributed by atoms with E-state index in [9.17, 15) is 9.59 Å². The van der Waals surface area contributed by atoms with Gasteiger partial charge in [-0.25, -0.2) is 5.01 Å². The van der Waals surface area contributed by atoms with Crippen LogP contribution < -0.4 is 0 Å². The number of piperazine rings is 1. The van der Waals surface area contributed by atoms with E-state index in [-0.39, 0.29) is 18.4 Å². The lowest BCUT2D eigenvalue weighted by Crippen LogP contribution is -2.60. The molecule has 0 bridgehead atoms. The molecule has 6 nitrogen and oxygen atoms in total. The van der Waals surface area contributed by atoms with Crippen molar-refractivity contribution in [3.8, 4) is 0 Å². The van der Waals surface area contributed by atoms with Gasteiger partial charge in [0.2, 0.25) is 5.91 Å². The van der Waals surface area contributed by atoms with Crippen LogP contribution in [0, 0.1) is 0 Å². The molecule has 2 aromatic carbocycles. The molecule has 1 aromatic heterocycles. The number of fused-ring (bicyclic) bond motifs is 4. The molecule has 2 aliphatic rings. The Morgan fingerprint density at radius 3 is 2.63 bits per heavy atom. The minimum absolute atomic E-state index is 0.0196. The maximum atomic E-state index is 13.0. The number of amides is 2. The van der Waals surface area contributed by atoms with E-state index in [2.05, 4.69) is 16.2 Å². The van der Waals surface area contributed by atoms with Crippen LogP contribution in [-0.4, -0.2) is 45.5 Å². The third-order valence-corrected chi connectivity index (χ3v) is 5.29. The number of H-pyrrole nitrogens is 1. The molecule has 0 radical (unpaired) electrons. The van der Waals surface area contributed by atoms with Crippen LogP contribution in [0.1, 0.15) is 16.8 Å². The predicted molar refractivity (Wildman–Crippen MR) is 102 cm³/mol. The van der Waals surface area contributed by atoms with Gasteiger partial charge in [-0.15, -0.1) is 0 Å². The van der Waals surface area contributed by atoms with E-state index >= 15 is 0 Å². The minimum atomic E-state index is -0.495. The van der Waals surface area contributed by atoms with Gasteiger partial charge in [0, 0.05) is 23.0 Å². The number of nitrogens with zero attached hydrogens (tertiary/aromatic N) is 3. The van der Waals surface area contributed by atoms with Crippen LogP contribution in [0.3, 0.4) is 0 Å². The van der Waals surface area contributed by atoms with E-state index in [1.54, 1.807) is 11.1 Å². The molecular formula is C21H18N4O2. The van der Waals surface area contributed by atoms with Crippen LogP contribution in [0.4, 0.5) is 0 Å². The smallest absolute Gasteiger partial charge is 0.266 e. The predicted octanol–water partition coefficient (Wildman–Crippen LogP) is 2.30. The molecule has 2 aliphatic heterocycles. The number of benzene rings is 2. The van der Waals surface area contributed by atoms with Crippen LogP contribution >= 0.6 is 0 Å². The van der Waals surface area contributed by atoms with Gasteiger partial charge in [-0.05, 0) is 17.2 Å². The second kappa shape index (κ2) is 6.09. The molecule has 1 fully saturated rings. The Morgan fingerprint density at radius 1 is 1.00 bits per heavy atom. The monoisotopic (exact) mass is 358 g/mol. The zero-order valence-electron chi connectivity index (χ0n) is 14.6. The molecule has 0 aliphatic carbocycles. The number of aromatic amines is 1. The van der Waals surface area contributed by atoms with Gasteiger partial charge in [0.15, 0.2) is 0 Å². The number of carbonyl (C=O) groups excluding carboxylic acids is 2. The second-order valence-electron chi connectivity index (χ2n) is 6.92. The van der Waals surface area contributed by atoms with Crippen molar-refractivity contribution < 1.29 is 9.59 Å². The molecule has 0 spiro atoms. The van der Waals surface area contributed by atoms with Crippen molar-refractivity contribution in [1.82, 2.24) is 14.9 Å². The van der Waals surface area contributed by atoms with Gasteiger partial charge in [0.25, 0.3) is 5.91 Å². The summed E-state index contributed by atoms with van der Waals surface area (Å²) in [7, 11) is 0. The summed E-state index contributed by atoms with van der Waals surface area (Å²) in [6.45, 7) is 0.420. The molecule has 0 saturated carbocycles. The highest BCUT2D eigenvalue weighted by Crippen LogP contribution is 2.32. The number of carbonyl (C=O) groups is 2. The molecule has 134 valence electrons. The summed E-state index contributed by atoms with van der Waals surface area (Å²) in [6.07, 6.45) is 2.14. The first-order chi connectivity index (χ1) is 13.2. The number of rotatable bonds is 2. The summed E-state index contributed by atoms with van der Waals surface area (Å²) in [5.74, 6) is -0.202. The Balaban J connectivity index is 1.46. The Morgan fingerprint density at radius 2 is 1.78 bits per heavy atom. The summed E-state index contributed by atoms with van der Waals surface area (Å²) in [4.78, 5) is 30.7. The maximum Gasteiger partial charge on any atom is 0.266 e. The van der Waals surface area contributed by atoms with Crippen LogP contribution in [-0.2, 0) is 22.6 Å². The average molecular weight is 358 g/mol. The van der Waals surface area contributed by atoms with Crippen LogP contribution in [0.5, 0.6) is 0 Å². The van der Waals surface area contributed by atoms with Crippen molar-refractivity contribution in [2.24, 2.45) is 5.10 Å². The molecule has 5 rings (SSSR count). The fourth-order valence-electron chi connectivity index (χ4n) is 3.93. The second-order valence-corrected chi connectivity index (χ2v) is 6.92.